The molecule has 3 nitrogen and oxygen atoms in total. The molecule has 0 unspecified atom stereocenters. The molecule has 2 aromatic carbocycles. The van der Waals surface area contributed by atoms with E-state index in [4.69, 9.17) is 0 Å². The Morgan fingerprint density at radius 2 is 1.95 bits per heavy atom. The first-order valence-electron chi connectivity index (χ1n) is 7.02. The standard InChI is InChI=1S/C17H17FN2O/c1-11(2)14-8-7-13(9-15(14)18)20-10-12-5-3-4-6-16(12)19-17(20)21/h3-9,11H,10H2,1-2H3,(H,19,21). The first kappa shape index (κ1) is 13.6. The minimum atomic E-state index is -0.269. The molecule has 21 heavy (non-hydrogen) atoms. The third kappa shape index (κ3) is 2.49. The van der Waals surface area contributed by atoms with E-state index in [1.807, 2.05) is 38.1 Å². The highest BCUT2D eigenvalue weighted by molar-refractivity contribution is 6.04. The smallest absolute Gasteiger partial charge is 0.307 e. The minimum Gasteiger partial charge on any atom is -0.307 e. The monoisotopic (exact) mass is 284 g/mol. The van der Waals surface area contributed by atoms with Crippen LogP contribution in [0.25, 0.3) is 0 Å². The molecule has 0 aromatic heterocycles. The van der Waals surface area contributed by atoms with Gasteiger partial charge in [0, 0.05) is 11.4 Å². The van der Waals surface area contributed by atoms with Gasteiger partial charge in [-0.1, -0.05) is 38.1 Å². The van der Waals surface area contributed by atoms with E-state index in [0.29, 0.717) is 17.8 Å². The highest BCUT2D eigenvalue weighted by Gasteiger charge is 2.24. The predicted octanol–water partition coefficient (Wildman–Crippen LogP) is 4.50. The van der Waals surface area contributed by atoms with Crippen molar-refractivity contribution in [1.82, 2.24) is 0 Å². The fourth-order valence-corrected chi connectivity index (χ4v) is 2.57. The molecule has 0 saturated heterocycles. The molecule has 2 amide bonds. The number of carbonyl (C=O) groups is 1. The highest BCUT2D eigenvalue weighted by atomic mass is 19.1. The summed E-state index contributed by atoms with van der Waals surface area (Å²) in [5, 5.41) is 2.83. The van der Waals surface area contributed by atoms with Gasteiger partial charge in [0.1, 0.15) is 5.82 Å². The molecule has 1 heterocycles. The van der Waals surface area contributed by atoms with Crippen LogP contribution in [0.4, 0.5) is 20.6 Å². The molecular formula is C17H17FN2O. The van der Waals surface area contributed by atoms with Gasteiger partial charge in [0.25, 0.3) is 0 Å². The zero-order valence-corrected chi connectivity index (χ0v) is 12.1. The maximum absolute atomic E-state index is 14.1. The number of hydrogen-bond acceptors (Lipinski definition) is 1. The zero-order chi connectivity index (χ0) is 15.0. The van der Waals surface area contributed by atoms with Gasteiger partial charge < -0.3 is 5.32 Å². The van der Waals surface area contributed by atoms with E-state index in [1.54, 1.807) is 17.0 Å². The minimum absolute atomic E-state index is 0.120. The molecule has 1 aliphatic rings. The molecule has 0 atom stereocenters. The van der Waals surface area contributed by atoms with Crippen molar-refractivity contribution in [2.45, 2.75) is 26.3 Å². The summed E-state index contributed by atoms with van der Waals surface area (Å²) in [6.07, 6.45) is 0. The fraction of sp³-hybridized carbons (Fsp3) is 0.235. The van der Waals surface area contributed by atoms with Gasteiger partial charge in [0.2, 0.25) is 0 Å². The lowest BCUT2D eigenvalue weighted by Crippen LogP contribution is -2.38. The topological polar surface area (TPSA) is 32.3 Å². The first-order valence-corrected chi connectivity index (χ1v) is 7.02. The number of halogens is 1. The molecular weight excluding hydrogens is 267 g/mol. The second-order valence-corrected chi connectivity index (χ2v) is 5.53. The van der Waals surface area contributed by atoms with Crippen LogP contribution in [-0.2, 0) is 6.54 Å². The molecule has 108 valence electrons. The first-order chi connectivity index (χ1) is 10.1. The molecule has 2 aromatic rings. The summed E-state index contributed by atoms with van der Waals surface area (Å²) in [4.78, 5) is 13.7. The number of urea groups is 1. The van der Waals surface area contributed by atoms with E-state index in [0.717, 1.165) is 11.3 Å². The largest absolute Gasteiger partial charge is 0.326 e. The fourth-order valence-electron chi connectivity index (χ4n) is 2.57. The summed E-state index contributed by atoms with van der Waals surface area (Å²) in [7, 11) is 0. The number of hydrogen-bond donors (Lipinski definition) is 1. The second kappa shape index (κ2) is 5.20. The Bertz CT molecular complexity index is 697. The summed E-state index contributed by atoms with van der Waals surface area (Å²) in [6.45, 7) is 4.34. The van der Waals surface area contributed by atoms with Crippen LogP contribution in [0.15, 0.2) is 42.5 Å². The molecule has 1 aliphatic heterocycles. The van der Waals surface area contributed by atoms with Gasteiger partial charge in [0.05, 0.1) is 6.54 Å². The van der Waals surface area contributed by atoms with E-state index in [-0.39, 0.29) is 17.8 Å². The van der Waals surface area contributed by atoms with E-state index < -0.39 is 0 Å². The molecule has 0 spiro atoms. The lowest BCUT2D eigenvalue weighted by molar-refractivity contribution is 0.256. The van der Waals surface area contributed by atoms with Crippen LogP contribution in [0.3, 0.4) is 0 Å². The molecule has 0 aliphatic carbocycles. The van der Waals surface area contributed by atoms with Crippen LogP contribution in [-0.4, -0.2) is 6.03 Å². The van der Waals surface area contributed by atoms with Crippen LogP contribution in [0.2, 0.25) is 0 Å². The number of amides is 2. The van der Waals surface area contributed by atoms with Gasteiger partial charge in [-0.3, -0.25) is 4.90 Å². The Morgan fingerprint density at radius 1 is 1.19 bits per heavy atom. The number of nitrogens with one attached hydrogen (secondary N) is 1. The molecule has 1 N–H and O–H groups in total. The lowest BCUT2D eigenvalue weighted by atomic mass is 10.0. The molecule has 0 radical (unpaired) electrons. The van der Waals surface area contributed by atoms with Crippen LogP contribution in [0.1, 0.15) is 30.9 Å². The summed E-state index contributed by atoms with van der Waals surface area (Å²) < 4.78 is 14.1. The molecule has 3 rings (SSSR count). The van der Waals surface area contributed by atoms with Gasteiger partial charge in [-0.2, -0.15) is 0 Å². The number of rotatable bonds is 2. The van der Waals surface area contributed by atoms with E-state index in [1.165, 1.54) is 6.07 Å². The number of carbonyl (C=O) groups excluding carboxylic acids is 1. The third-order valence-electron chi connectivity index (χ3n) is 3.75. The summed E-state index contributed by atoms with van der Waals surface area (Å²) in [5.41, 5.74) is 3.07. The second-order valence-electron chi connectivity index (χ2n) is 5.53. The number of benzene rings is 2. The van der Waals surface area contributed by atoms with Crippen molar-refractivity contribution in [3.05, 3.63) is 59.4 Å². The Hall–Kier alpha value is -2.36. The molecule has 0 fully saturated rings. The van der Waals surface area contributed by atoms with Crippen molar-refractivity contribution in [2.24, 2.45) is 0 Å². The average Bonchev–Trinajstić information content (AvgIpc) is 2.46. The van der Waals surface area contributed by atoms with Crippen molar-refractivity contribution < 1.29 is 9.18 Å². The van der Waals surface area contributed by atoms with E-state index >= 15 is 0 Å². The Morgan fingerprint density at radius 3 is 2.67 bits per heavy atom. The number of fused-ring (bicyclic) bond motifs is 1. The average molecular weight is 284 g/mol. The normalized spacial score (nSPS) is 14.1. The Balaban J connectivity index is 1.94. The molecule has 0 saturated carbocycles. The van der Waals surface area contributed by atoms with Crippen molar-refractivity contribution in [3.8, 4) is 0 Å². The zero-order valence-electron chi connectivity index (χ0n) is 12.1. The van der Waals surface area contributed by atoms with Gasteiger partial charge >= 0.3 is 6.03 Å². The predicted molar refractivity (Wildman–Crippen MR) is 82.1 cm³/mol. The maximum atomic E-state index is 14.1. The lowest BCUT2D eigenvalue weighted by Gasteiger charge is -2.29. The number of anilines is 2. The van der Waals surface area contributed by atoms with Gasteiger partial charge in [-0.15, -0.1) is 0 Å². The van der Waals surface area contributed by atoms with Gasteiger partial charge in [-0.25, -0.2) is 9.18 Å². The van der Waals surface area contributed by atoms with Gasteiger partial charge in [0.15, 0.2) is 0 Å². The van der Waals surface area contributed by atoms with Crippen molar-refractivity contribution in [2.75, 3.05) is 10.2 Å². The van der Waals surface area contributed by atoms with Gasteiger partial charge in [-0.05, 0) is 35.2 Å². The van der Waals surface area contributed by atoms with Crippen molar-refractivity contribution in [3.63, 3.8) is 0 Å². The quantitative estimate of drug-likeness (QED) is 0.865. The van der Waals surface area contributed by atoms with Crippen molar-refractivity contribution >= 4 is 17.4 Å². The van der Waals surface area contributed by atoms with E-state index in [2.05, 4.69) is 5.32 Å². The summed E-state index contributed by atoms with van der Waals surface area (Å²) >= 11 is 0. The molecule has 4 heteroatoms. The Kier molecular flexibility index (Phi) is 3.37. The Labute approximate surface area is 123 Å². The van der Waals surface area contributed by atoms with Crippen LogP contribution in [0, 0.1) is 5.82 Å². The summed E-state index contributed by atoms with van der Waals surface area (Å²) in [6, 6.07) is 12.4. The SMILES string of the molecule is CC(C)c1ccc(N2Cc3ccccc3NC2=O)cc1F. The maximum Gasteiger partial charge on any atom is 0.326 e. The number of para-hydroxylation sites is 1. The van der Waals surface area contributed by atoms with E-state index in [9.17, 15) is 9.18 Å². The van der Waals surface area contributed by atoms with Crippen LogP contribution in [0.5, 0.6) is 0 Å². The van der Waals surface area contributed by atoms with Crippen LogP contribution < -0.4 is 10.2 Å². The third-order valence-corrected chi connectivity index (χ3v) is 3.75. The summed E-state index contributed by atoms with van der Waals surface area (Å²) in [5.74, 6) is -0.149. The number of nitrogens with zero attached hydrogens (tertiary/aromatic N) is 1. The van der Waals surface area contributed by atoms with Crippen molar-refractivity contribution in [1.29, 1.82) is 0 Å². The highest BCUT2D eigenvalue weighted by Crippen LogP contribution is 2.29. The van der Waals surface area contributed by atoms with Crippen LogP contribution >= 0.6 is 0 Å². The molecule has 0 bridgehead atoms.